The molecule has 0 fully saturated rings. The van der Waals surface area contributed by atoms with Gasteiger partial charge in [0.25, 0.3) is 0 Å². The van der Waals surface area contributed by atoms with Crippen molar-refractivity contribution in [2.45, 2.75) is 0 Å². The number of rotatable bonds is 0. The minimum absolute atomic E-state index is 2.01. The molecule has 40 valence electrons. The van der Waals surface area contributed by atoms with E-state index in [1.165, 1.54) is 0 Å². The Kier molecular flexibility index (Phi) is 4.02. The Morgan fingerprint density at radius 2 is 1.00 bits per heavy atom. The number of hydrogen-bond donors (Lipinski definition) is 0. The predicted molar refractivity (Wildman–Crippen MR) is 56.8 cm³/mol. The molecular weight excluding hydrogens is 620 g/mol. The second kappa shape index (κ2) is 2.57. The summed E-state index contributed by atoms with van der Waals surface area (Å²) in [5.74, 6) is 0. The Morgan fingerprint density at radius 1 is 1.00 bits per heavy atom. The maximum atomic E-state index is 10.8. The van der Waals surface area contributed by atoms with Crippen LogP contribution in [-0.4, -0.2) is 0 Å². The molecule has 0 unspecified atom stereocenters. The van der Waals surface area contributed by atoms with Gasteiger partial charge in [-0.2, -0.15) is 0 Å². The average Bonchev–Trinajstić information content (AvgIpc) is 0.650. The predicted octanol–water partition coefficient (Wildman–Crippen LogP) is 3.42. The van der Waals surface area contributed by atoms with Crippen molar-refractivity contribution in [2.24, 2.45) is 0 Å². The van der Waals surface area contributed by atoms with Crippen LogP contribution < -0.4 is 0 Å². The summed E-state index contributed by atoms with van der Waals surface area (Å²) in [6.45, 7) is 0. The quantitative estimate of drug-likeness (QED) is 0.300. The van der Waals surface area contributed by atoms with E-state index >= 15 is 0 Å². The van der Waals surface area contributed by atoms with Gasteiger partial charge in [-0.1, -0.05) is 0 Å². The summed E-state index contributed by atoms with van der Waals surface area (Å²) in [6.07, 6.45) is 0. The van der Waals surface area contributed by atoms with Crippen molar-refractivity contribution in [3.63, 3.8) is 0 Å². The molecule has 0 aromatic rings. The van der Waals surface area contributed by atoms with E-state index in [1.54, 1.807) is 0 Å². The fraction of sp³-hybridized carbons (Fsp3) is 0. The summed E-state index contributed by atoms with van der Waals surface area (Å²) in [4.78, 5) is 0. The summed E-state index contributed by atoms with van der Waals surface area (Å²) in [6, 6.07) is 0. The number of halogens is 4. The van der Waals surface area contributed by atoms with Gasteiger partial charge in [-0.15, -0.1) is 0 Å². The van der Waals surface area contributed by atoms with Crippen molar-refractivity contribution in [3.05, 3.63) is 0 Å². The van der Waals surface area contributed by atoms with Crippen LogP contribution in [0.5, 0.6) is 0 Å². The van der Waals surface area contributed by atoms with E-state index in [0.29, 0.717) is 0 Å². The first-order valence-corrected chi connectivity index (χ1v) is 25.5. The van der Waals surface area contributed by atoms with E-state index in [-0.39, 0.29) is 0 Å². The Balaban J connectivity index is 4.16. The van der Waals surface area contributed by atoms with Gasteiger partial charge in [-0.05, 0) is 0 Å². The van der Waals surface area contributed by atoms with Gasteiger partial charge in [0.15, 0.2) is 0 Å². The summed E-state index contributed by atoms with van der Waals surface area (Å²) in [7, 11) is 0. The fourth-order valence-electron chi connectivity index (χ4n) is 0. The van der Waals surface area contributed by atoms with Gasteiger partial charge in [-0.25, -0.2) is 0 Å². The van der Waals surface area contributed by atoms with E-state index in [1.807, 2.05) is 77.4 Å². The van der Waals surface area contributed by atoms with Gasteiger partial charge < -0.3 is 0 Å². The average molecular weight is 620 g/mol. The zero-order chi connectivity index (χ0) is 5.45. The molecule has 0 spiro atoms. The van der Waals surface area contributed by atoms with E-state index < -0.39 is 0.0461 Å². The van der Waals surface area contributed by atoms with Crippen LogP contribution in [-0.2, 0) is 3.44 Å². The Morgan fingerprint density at radius 3 is 1.00 bits per heavy atom. The van der Waals surface area contributed by atoms with Crippen LogP contribution in [0.25, 0.3) is 0 Å². The van der Waals surface area contributed by atoms with Crippen molar-refractivity contribution >= 4 is 77.4 Å². The number of hydrogen-bond acceptors (Lipinski definition) is 1. The van der Waals surface area contributed by atoms with Gasteiger partial charge >= 0.3 is 80.9 Å². The molecule has 0 atom stereocenters. The maximum absolute atomic E-state index is 10.8. The van der Waals surface area contributed by atoms with Crippen LogP contribution in [0, 0.1) is 0 Å². The zero-order valence-electron chi connectivity index (χ0n) is 2.33. The fourth-order valence-corrected chi connectivity index (χ4v) is 0. The van der Waals surface area contributed by atoms with Crippen molar-refractivity contribution in [2.75, 3.05) is 0 Å². The van der Waals surface area contributed by atoms with Crippen LogP contribution in [0.15, 0.2) is 0 Å². The Bertz CT molecular complexity index is 85.2. The molecule has 0 rings (SSSR count). The normalized spacial score (nSPS) is 19.0. The molecule has 0 radical (unpaired) electrons. The molecule has 0 saturated carbocycles. The SMILES string of the molecule is [O]=[Mo]([I])([I])([I])[I]. The molecule has 0 heterocycles. The van der Waals surface area contributed by atoms with E-state index in [9.17, 15) is 3.40 Å². The van der Waals surface area contributed by atoms with Gasteiger partial charge in [0.2, 0.25) is 0 Å². The molecular formula is I4MoO. The second-order valence-electron chi connectivity index (χ2n) is 0.602. The van der Waals surface area contributed by atoms with Crippen LogP contribution in [0.2, 0.25) is 0 Å². The first-order chi connectivity index (χ1) is 2.24. The molecule has 0 aliphatic carbocycles. The van der Waals surface area contributed by atoms with Crippen molar-refractivity contribution in [3.8, 4) is 0 Å². The summed E-state index contributed by atoms with van der Waals surface area (Å²) in [5.41, 5.74) is 0. The third-order valence-corrected chi connectivity index (χ3v) is 0. The first kappa shape index (κ1) is 9.41. The van der Waals surface area contributed by atoms with Gasteiger partial charge in [-0.3, -0.25) is 0 Å². The molecule has 0 aromatic carbocycles. The minimum atomic E-state index is -2.99. The van der Waals surface area contributed by atoms with Gasteiger partial charge in [0.1, 0.15) is 0 Å². The van der Waals surface area contributed by atoms with E-state index in [2.05, 4.69) is 0 Å². The molecule has 0 aromatic heterocycles. The Labute approximate surface area is 78.2 Å². The molecule has 0 aliphatic rings. The summed E-state index contributed by atoms with van der Waals surface area (Å²) in [5, 5.41) is 0. The molecule has 0 N–H and O–H groups in total. The van der Waals surface area contributed by atoms with Crippen molar-refractivity contribution in [1.29, 1.82) is 0 Å². The first-order valence-electron chi connectivity index (χ1n) is 0.784. The van der Waals surface area contributed by atoms with Crippen molar-refractivity contribution in [1.82, 2.24) is 0 Å². The van der Waals surface area contributed by atoms with E-state index in [4.69, 9.17) is 0 Å². The van der Waals surface area contributed by atoms with E-state index in [0.717, 1.165) is 0 Å². The topological polar surface area (TPSA) is 17.1 Å². The molecule has 0 saturated heterocycles. The van der Waals surface area contributed by atoms with Gasteiger partial charge in [0.05, 0.1) is 0 Å². The third-order valence-electron chi connectivity index (χ3n) is 0. The monoisotopic (exact) mass is 622 g/mol. The second-order valence-corrected chi connectivity index (χ2v) is 103. The molecule has 0 aliphatic heterocycles. The van der Waals surface area contributed by atoms with Crippen LogP contribution >= 0.6 is 77.4 Å². The van der Waals surface area contributed by atoms with Crippen LogP contribution in [0.3, 0.4) is 0 Å². The van der Waals surface area contributed by atoms with Crippen molar-refractivity contribution < 1.29 is 3.44 Å². The molecule has 1 nitrogen and oxygen atoms in total. The summed E-state index contributed by atoms with van der Waals surface area (Å²) < 4.78 is 7.83. The molecule has 0 bridgehead atoms. The standard InChI is InChI=1S/4HI.Mo.O/h4*1H;;/q;;;;+4;/p-4. The third kappa shape index (κ3) is 26.2. The molecule has 6 heteroatoms. The molecule has 0 amide bonds. The molecule has 6 heavy (non-hydrogen) atoms. The van der Waals surface area contributed by atoms with Crippen LogP contribution in [0.4, 0.5) is 0 Å². The zero-order valence-corrected chi connectivity index (χ0v) is 13.0. The Hall–Kier alpha value is 3.41. The van der Waals surface area contributed by atoms with Gasteiger partial charge in [0, 0.05) is 0 Å². The summed E-state index contributed by atoms with van der Waals surface area (Å²) >= 11 is 8.04. The van der Waals surface area contributed by atoms with Crippen LogP contribution in [0.1, 0.15) is 0 Å².